The number of carbonyl (C=O) groups excluding carboxylic acids is 1. The van der Waals surface area contributed by atoms with Crippen molar-refractivity contribution in [3.63, 3.8) is 0 Å². The summed E-state index contributed by atoms with van der Waals surface area (Å²) in [5.41, 5.74) is 1.90. The number of benzene rings is 1. The molecule has 0 fully saturated rings. The molecule has 0 amide bonds. The summed E-state index contributed by atoms with van der Waals surface area (Å²) in [6.07, 6.45) is 0.439. The molecule has 1 aliphatic rings. The summed E-state index contributed by atoms with van der Waals surface area (Å²) in [6, 6.07) is 5.53. The molecular weight excluding hydrogens is 220 g/mol. The zero-order chi connectivity index (χ0) is 12.4. The molecule has 0 saturated carbocycles. The summed E-state index contributed by atoms with van der Waals surface area (Å²) < 4.78 is 10.2. The maximum absolute atomic E-state index is 11.3. The number of methoxy groups -OCH3 is 1. The molecule has 0 saturated heterocycles. The average molecular weight is 236 g/mol. The molecule has 2 rings (SSSR count). The van der Waals surface area contributed by atoms with Crippen LogP contribution >= 0.6 is 0 Å². The molecule has 92 valence electrons. The number of aliphatic hydroxyl groups is 1. The normalized spacial score (nSPS) is 19.6. The van der Waals surface area contributed by atoms with Crippen molar-refractivity contribution in [1.29, 1.82) is 0 Å². The fourth-order valence-electron chi connectivity index (χ4n) is 2.11. The van der Waals surface area contributed by atoms with Crippen LogP contribution in [0, 0.1) is 0 Å². The number of hydrogen-bond donors (Lipinski definition) is 1. The Bertz CT molecular complexity index is 427. The second-order valence-corrected chi connectivity index (χ2v) is 4.16. The second-order valence-electron chi connectivity index (χ2n) is 4.16. The Morgan fingerprint density at radius 1 is 1.53 bits per heavy atom. The van der Waals surface area contributed by atoms with Gasteiger partial charge in [-0.15, -0.1) is 0 Å². The maximum atomic E-state index is 11.3. The molecule has 0 bridgehead atoms. The Kier molecular flexibility index (Phi) is 3.33. The van der Waals surface area contributed by atoms with Crippen LogP contribution in [0.2, 0.25) is 0 Å². The third kappa shape index (κ3) is 2.26. The highest BCUT2D eigenvalue weighted by Crippen LogP contribution is 2.37. The lowest BCUT2D eigenvalue weighted by Crippen LogP contribution is -2.25. The predicted molar refractivity (Wildman–Crippen MR) is 61.8 cm³/mol. The highest BCUT2D eigenvalue weighted by molar-refractivity contribution is 5.74. The van der Waals surface area contributed by atoms with E-state index in [4.69, 9.17) is 4.74 Å². The van der Waals surface area contributed by atoms with E-state index in [1.165, 1.54) is 7.11 Å². The van der Waals surface area contributed by atoms with E-state index in [0.29, 0.717) is 12.2 Å². The minimum atomic E-state index is -0.635. The van der Waals surface area contributed by atoms with E-state index >= 15 is 0 Å². The first-order valence-corrected chi connectivity index (χ1v) is 5.68. The summed E-state index contributed by atoms with van der Waals surface area (Å²) >= 11 is 0. The molecule has 1 N–H and O–H groups in total. The lowest BCUT2D eigenvalue weighted by atomic mass is 10.1. The van der Waals surface area contributed by atoms with Crippen molar-refractivity contribution in [2.75, 3.05) is 7.11 Å². The molecule has 2 unspecified atom stereocenters. The molecule has 2 atom stereocenters. The van der Waals surface area contributed by atoms with E-state index in [9.17, 15) is 9.90 Å². The number of ether oxygens (including phenoxy) is 2. The fourth-order valence-corrected chi connectivity index (χ4v) is 2.11. The Morgan fingerprint density at radius 3 is 3.00 bits per heavy atom. The number of aliphatic hydroxyl groups excluding tert-OH is 1. The van der Waals surface area contributed by atoms with E-state index in [1.807, 2.05) is 18.2 Å². The summed E-state index contributed by atoms with van der Waals surface area (Å²) in [5.74, 6) is 0.262. The second kappa shape index (κ2) is 4.75. The topological polar surface area (TPSA) is 55.8 Å². The van der Waals surface area contributed by atoms with Crippen LogP contribution in [0.15, 0.2) is 18.2 Å². The van der Waals surface area contributed by atoms with Crippen LogP contribution in [-0.4, -0.2) is 24.3 Å². The average Bonchev–Trinajstić information content (AvgIpc) is 2.71. The molecule has 17 heavy (non-hydrogen) atoms. The van der Waals surface area contributed by atoms with Gasteiger partial charge < -0.3 is 14.6 Å². The number of esters is 1. The van der Waals surface area contributed by atoms with E-state index in [0.717, 1.165) is 17.5 Å². The van der Waals surface area contributed by atoms with Gasteiger partial charge in [0, 0.05) is 5.56 Å². The van der Waals surface area contributed by atoms with Gasteiger partial charge in [-0.1, -0.05) is 12.1 Å². The molecule has 0 radical (unpaired) electrons. The van der Waals surface area contributed by atoms with Gasteiger partial charge in [0.25, 0.3) is 0 Å². The van der Waals surface area contributed by atoms with Crippen molar-refractivity contribution in [3.05, 3.63) is 29.3 Å². The summed E-state index contributed by atoms with van der Waals surface area (Å²) in [7, 11) is 1.33. The first-order chi connectivity index (χ1) is 8.13. The molecule has 0 heterocycles. The van der Waals surface area contributed by atoms with Crippen LogP contribution in [0.4, 0.5) is 0 Å². The largest absolute Gasteiger partial charge is 0.479 e. The first kappa shape index (κ1) is 11.9. The Labute approximate surface area is 100 Å². The molecule has 1 aromatic rings. The number of carbonyl (C=O) groups is 1. The summed E-state index contributed by atoms with van der Waals surface area (Å²) in [6.45, 7) is 1.65. The van der Waals surface area contributed by atoms with Gasteiger partial charge in [0.2, 0.25) is 0 Å². The molecular formula is C13H16O4. The quantitative estimate of drug-likeness (QED) is 0.810. The van der Waals surface area contributed by atoms with Crippen molar-refractivity contribution >= 4 is 5.97 Å². The SMILES string of the molecule is COC(=O)C(C)Oc1cccc2c1CCC2O. The minimum absolute atomic E-state index is 0.402. The zero-order valence-corrected chi connectivity index (χ0v) is 9.97. The monoisotopic (exact) mass is 236 g/mol. The molecule has 1 aliphatic carbocycles. The van der Waals surface area contributed by atoms with E-state index < -0.39 is 18.2 Å². The number of fused-ring (bicyclic) bond motifs is 1. The predicted octanol–water partition coefficient (Wildman–Crippen LogP) is 1.61. The molecule has 4 heteroatoms. The fraction of sp³-hybridized carbons (Fsp3) is 0.462. The van der Waals surface area contributed by atoms with Crippen LogP contribution in [-0.2, 0) is 16.0 Å². The standard InChI is InChI=1S/C13H16O4/c1-8(13(15)16-2)17-12-5-3-4-9-10(12)6-7-11(9)14/h3-5,8,11,14H,6-7H2,1-2H3. The number of hydrogen-bond acceptors (Lipinski definition) is 4. The van der Waals surface area contributed by atoms with Gasteiger partial charge in [0.1, 0.15) is 5.75 Å². The van der Waals surface area contributed by atoms with Crippen LogP contribution in [0.3, 0.4) is 0 Å². The summed E-state index contributed by atoms with van der Waals surface area (Å²) in [5, 5.41) is 9.75. The van der Waals surface area contributed by atoms with Crippen molar-refractivity contribution in [2.24, 2.45) is 0 Å². The van der Waals surface area contributed by atoms with Gasteiger partial charge in [-0.3, -0.25) is 0 Å². The molecule has 0 spiro atoms. The highest BCUT2D eigenvalue weighted by Gasteiger charge is 2.25. The lowest BCUT2D eigenvalue weighted by molar-refractivity contribution is -0.147. The molecule has 0 aromatic heterocycles. The molecule has 4 nitrogen and oxygen atoms in total. The third-order valence-electron chi connectivity index (χ3n) is 3.03. The third-order valence-corrected chi connectivity index (χ3v) is 3.03. The van der Waals surface area contributed by atoms with Crippen molar-refractivity contribution < 1.29 is 19.4 Å². The van der Waals surface area contributed by atoms with Gasteiger partial charge in [-0.25, -0.2) is 4.79 Å². The Balaban J connectivity index is 2.20. The Morgan fingerprint density at radius 2 is 2.29 bits per heavy atom. The van der Waals surface area contributed by atoms with Crippen molar-refractivity contribution in [2.45, 2.75) is 32.0 Å². The molecule has 1 aromatic carbocycles. The highest BCUT2D eigenvalue weighted by atomic mass is 16.6. The minimum Gasteiger partial charge on any atom is -0.479 e. The van der Waals surface area contributed by atoms with Crippen molar-refractivity contribution in [3.8, 4) is 5.75 Å². The van der Waals surface area contributed by atoms with Gasteiger partial charge in [0.05, 0.1) is 13.2 Å². The van der Waals surface area contributed by atoms with Crippen LogP contribution in [0.5, 0.6) is 5.75 Å². The first-order valence-electron chi connectivity index (χ1n) is 5.68. The van der Waals surface area contributed by atoms with Gasteiger partial charge >= 0.3 is 5.97 Å². The van der Waals surface area contributed by atoms with E-state index in [-0.39, 0.29) is 0 Å². The number of rotatable bonds is 3. The van der Waals surface area contributed by atoms with Crippen molar-refractivity contribution in [1.82, 2.24) is 0 Å². The van der Waals surface area contributed by atoms with Crippen LogP contribution in [0.1, 0.15) is 30.6 Å². The zero-order valence-electron chi connectivity index (χ0n) is 9.97. The van der Waals surface area contributed by atoms with E-state index in [1.54, 1.807) is 6.92 Å². The van der Waals surface area contributed by atoms with E-state index in [2.05, 4.69) is 4.74 Å². The van der Waals surface area contributed by atoms with Gasteiger partial charge in [-0.05, 0) is 31.4 Å². The molecule has 0 aliphatic heterocycles. The lowest BCUT2D eigenvalue weighted by Gasteiger charge is -2.15. The smallest absolute Gasteiger partial charge is 0.346 e. The Hall–Kier alpha value is -1.55. The summed E-state index contributed by atoms with van der Waals surface area (Å²) in [4.78, 5) is 11.3. The van der Waals surface area contributed by atoms with Crippen LogP contribution < -0.4 is 4.74 Å². The van der Waals surface area contributed by atoms with Gasteiger partial charge in [0.15, 0.2) is 6.10 Å². The maximum Gasteiger partial charge on any atom is 0.346 e. The van der Waals surface area contributed by atoms with Crippen LogP contribution in [0.25, 0.3) is 0 Å². The van der Waals surface area contributed by atoms with Gasteiger partial charge in [-0.2, -0.15) is 0 Å².